The number of hydrogen-bond acceptors (Lipinski definition) is 10. The fraction of sp³-hybridized carbons (Fsp3) is 0.561. The molecule has 290 valence electrons. The summed E-state index contributed by atoms with van der Waals surface area (Å²) in [5.41, 5.74) is 2.73. The van der Waals surface area contributed by atoms with Crippen molar-refractivity contribution in [1.29, 1.82) is 0 Å². The summed E-state index contributed by atoms with van der Waals surface area (Å²) in [5.74, 6) is 0.770. The van der Waals surface area contributed by atoms with Gasteiger partial charge in [0.1, 0.15) is 30.8 Å². The van der Waals surface area contributed by atoms with E-state index in [1.807, 2.05) is 37.3 Å². The van der Waals surface area contributed by atoms with Crippen LogP contribution < -0.4 is 9.47 Å². The van der Waals surface area contributed by atoms with Crippen LogP contribution in [0, 0.1) is 17.8 Å². The van der Waals surface area contributed by atoms with E-state index in [0.29, 0.717) is 38.2 Å². The van der Waals surface area contributed by atoms with Gasteiger partial charge >= 0.3 is 6.09 Å². The fourth-order valence-corrected chi connectivity index (χ4v) is 8.98. The van der Waals surface area contributed by atoms with Gasteiger partial charge in [0.2, 0.25) is 5.79 Å². The van der Waals surface area contributed by atoms with Gasteiger partial charge in [-0.3, -0.25) is 0 Å². The number of carbonyl (C=O) groups excluding carboxylic acids is 1. The maximum absolute atomic E-state index is 13.6. The second kappa shape index (κ2) is 20.5. The van der Waals surface area contributed by atoms with Gasteiger partial charge in [0.15, 0.2) is 0 Å². The number of likely N-dealkylation sites (N-methyl/N-ethyl adjacent to an activating group) is 1. The topological polar surface area (TPSA) is 119 Å². The average Bonchev–Trinajstić information content (AvgIpc) is 3.18. The molecule has 0 unspecified atom stereocenters. The number of fused-ring (bicyclic) bond motifs is 2. The Morgan fingerprint density at radius 1 is 1.11 bits per heavy atom. The van der Waals surface area contributed by atoms with Crippen molar-refractivity contribution in [3.63, 3.8) is 0 Å². The second-order valence-corrected chi connectivity index (χ2v) is 15.2. The standard InChI is InChI=1S/C41H55ClN2O8S/c1-4-22-50-41-37(44(3)40(47)49-23-19-42)28-35(43-51-5-2)33-26-29(13-9-11-20-45)32(16-10-12-21-46)38(39(33)41)34-27-30(17-18-36(34)52-41)48-24-25-53-31-14-7-6-8-15-31/h4,6-8,14-15,17-18,26-27,29,32,37-39,45-46H,1,5,9-13,16,19-25,28H2,2-3H3/t29-,32+,37-,38+,39+,41+/m0/s1. The highest BCUT2D eigenvalue weighted by Gasteiger charge is 2.65. The van der Waals surface area contributed by atoms with Gasteiger partial charge in [-0.2, -0.15) is 0 Å². The monoisotopic (exact) mass is 770 g/mol. The van der Waals surface area contributed by atoms with Crippen molar-refractivity contribution in [2.75, 3.05) is 58.3 Å². The minimum absolute atomic E-state index is 0.0633. The number of allylic oxidation sites excluding steroid dienone is 1. The lowest BCUT2D eigenvalue weighted by atomic mass is 9.55. The summed E-state index contributed by atoms with van der Waals surface area (Å²) in [6.45, 7) is 7.25. The van der Waals surface area contributed by atoms with Crippen LogP contribution in [0.3, 0.4) is 0 Å². The fourth-order valence-electron chi connectivity index (χ4n) is 8.15. The Kier molecular flexibility index (Phi) is 15.8. The number of aliphatic hydroxyl groups excluding tert-OH is 2. The van der Waals surface area contributed by atoms with Gasteiger partial charge in [-0.05, 0) is 80.3 Å². The highest BCUT2D eigenvalue weighted by atomic mass is 35.5. The van der Waals surface area contributed by atoms with Crippen LogP contribution in [0.5, 0.6) is 11.5 Å². The Morgan fingerprint density at radius 2 is 1.89 bits per heavy atom. The third kappa shape index (κ3) is 9.72. The van der Waals surface area contributed by atoms with E-state index < -0.39 is 23.8 Å². The summed E-state index contributed by atoms with van der Waals surface area (Å²) in [4.78, 5) is 22.1. The summed E-state index contributed by atoms with van der Waals surface area (Å²) in [6.07, 6.45) is 8.59. The van der Waals surface area contributed by atoms with Gasteiger partial charge in [-0.25, -0.2) is 4.79 Å². The van der Waals surface area contributed by atoms with Gasteiger partial charge in [0, 0.05) is 48.8 Å². The molecule has 1 heterocycles. The van der Waals surface area contributed by atoms with Crippen molar-refractivity contribution in [2.45, 2.75) is 74.5 Å². The molecule has 10 nitrogen and oxygen atoms in total. The number of amides is 1. The van der Waals surface area contributed by atoms with Crippen molar-refractivity contribution < 1.29 is 38.8 Å². The molecule has 0 aromatic heterocycles. The first kappa shape index (κ1) is 41.0. The van der Waals surface area contributed by atoms with Crippen molar-refractivity contribution in [3.05, 3.63) is 78.4 Å². The highest BCUT2D eigenvalue weighted by Crippen LogP contribution is 2.61. The summed E-state index contributed by atoms with van der Waals surface area (Å²) in [7, 11) is 1.70. The minimum atomic E-state index is -1.34. The molecule has 6 atom stereocenters. The van der Waals surface area contributed by atoms with Crippen LogP contribution in [0.2, 0.25) is 0 Å². The molecule has 3 aliphatic rings. The Bertz CT molecular complexity index is 1540. The van der Waals surface area contributed by atoms with E-state index in [1.165, 1.54) is 4.90 Å². The predicted octanol–water partition coefficient (Wildman–Crippen LogP) is 7.82. The number of halogens is 1. The van der Waals surface area contributed by atoms with Crippen LogP contribution in [0.1, 0.15) is 63.4 Å². The van der Waals surface area contributed by atoms with Crippen molar-refractivity contribution in [3.8, 4) is 11.5 Å². The summed E-state index contributed by atoms with van der Waals surface area (Å²) < 4.78 is 25.9. The number of unbranched alkanes of at least 4 members (excludes halogenated alkanes) is 2. The van der Waals surface area contributed by atoms with Crippen LogP contribution in [0.25, 0.3) is 0 Å². The lowest BCUT2D eigenvalue weighted by Crippen LogP contribution is -2.69. The molecule has 0 spiro atoms. The van der Waals surface area contributed by atoms with E-state index in [-0.39, 0.29) is 50.1 Å². The molecular weight excluding hydrogens is 716 g/mol. The molecule has 0 bridgehead atoms. The zero-order valence-electron chi connectivity index (χ0n) is 31.0. The number of oxime groups is 1. The molecular formula is C41H55ClN2O8S. The van der Waals surface area contributed by atoms with Gasteiger partial charge in [0.25, 0.3) is 0 Å². The molecule has 2 N–H and O–H groups in total. The molecule has 0 saturated heterocycles. The van der Waals surface area contributed by atoms with E-state index in [1.54, 1.807) is 29.8 Å². The lowest BCUT2D eigenvalue weighted by molar-refractivity contribution is -0.253. The Labute approximate surface area is 323 Å². The zero-order valence-corrected chi connectivity index (χ0v) is 32.6. The molecule has 1 amide bonds. The van der Waals surface area contributed by atoms with Gasteiger partial charge in [-0.1, -0.05) is 48.3 Å². The number of alkyl halides is 1. The minimum Gasteiger partial charge on any atom is -0.493 e. The number of hydrogen-bond donors (Lipinski definition) is 2. The van der Waals surface area contributed by atoms with Gasteiger partial charge < -0.3 is 38.9 Å². The molecule has 53 heavy (non-hydrogen) atoms. The molecule has 2 aromatic rings. The highest BCUT2D eigenvalue weighted by molar-refractivity contribution is 7.99. The Morgan fingerprint density at radius 3 is 2.60 bits per heavy atom. The van der Waals surface area contributed by atoms with E-state index in [0.717, 1.165) is 54.0 Å². The van der Waals surface area contributed by atoms with Crippen molar-refractivity contribution in [2.24, 2.45) is 22.9 Å². The molecule has 12 heteroatoms. The predicted molar refractivity (Wildman–Crippen MR) is 209 cm³/mol. The average molecular weight is 771 g/mol. The number of nitrogens with zero attached hydrogens (tertiary/aromatic N) is 2. The molecule has 5 rings (SSSR count). The summed E-state index contributed by atoms with van der Waals surface area (Å²) >= 11 is 7.66. The number of aliphatic hydroxyl groups is 2. The smallest absolute Gasteiger partial charge is 0.410 e. The largest absolute Gasteiger partial charge is 0.493 e. The van der Waals surface area contributed by atoms with Crippen LogP contribution in [-0.4, -0.2) is 97.1 Å². The van der Waals surface area contributed by atoms with Crippen LogP contribution in [0.15, 0.2) is 82.9 Å². The SMILES string of the molecule is C=CCO[C@@]12Oc3ccc(OCCSc4ccccc4)cc3[C@H]3[C@H](CCCCO)[C@@H](CCCCO)C=C(C(=NOCC)C[C@@H]1N(C)C(=O)OCCCl)[C@H]32. The Balaban J connectivity index is 1.64. The van der Waals surface area contributed by atoms with E-state index in [4.69, 9.17) is 35.4 Å². The quantitative estimate of drug-likeness (QED) is 0.0431. The second-order valence-electron chi connectivity index (χ2n) is 13.6. The van der Waals surface area contributed by atoms with Crippen LogP contribution in [-0.2, 0) is 14.3 Å². The van der Waals surface area contributed by atoms with E-state index >= 15 is 0 Å². The molecule has 2 aromatic carbocycles. The number of thioether (sulfide) groups is 1. The van der Waals surface area contributed by atoms with Gasteiger partial charge in [0.05, 0.1) is 30.7 Å². The van der Waals surface area contributed by atoms with Crippen LogP contribution >= 0.6 is 23.4 Å². The number of carbonyl (C=O) groups is 1. The zero-order chi connectivity index (χ0) is 37.6. The first-order valence-corrected chi connectivity index (χ1v) is 20.4. The van der Waals surface area contributed by atoms with Gasteiger partial charge in [-0.15, -0.1) is 29.9 Å². The third-order valence-corrected chi connectivity index (χ3v) is 11.5. The van der Waals surface area contributed by atoms with E-state index in [9.17, 15) is 15.0 Å². The number of benzene rings is 2. The van der Waals surface area contributed by atoms with E-state index in [2.05, 4.69) is 36.0 Å². The normalized spacial score (nSPS) is 25.0. The van der Waals surface area contributed by atoms with Crippen molar-refractivity contribution in [1.82, 2.24) is 4.90 Å². The first-order valence-electron chi connectivity index (χ1n) is 18.9. The molecule has 0 radical (unpaired) electrons. The molecule has 1 aliphatic heterocycles. The first-order chi connectivity index (χ1) is 25.9. The summed E-state index contributed by atoms with van der Waals surface area (Å²) in [6, 6.07) is 15.6. The number of ether oxygens (including phenoxy) is 4. The maximum atomic E-state index is 13.6. The van der Waals surface area contributed by atoms with Crippen LogP contribution in [0.4, 0.5) is 4.79 Å². The maximum Gasteiger partial charge on any atom is 0.410 e. The third-order valence-electron chi connectivity index (χ3n) is 10.4. The molecule has 2 aliphatic carbocycles. The molecule has 1 fully saturated rings. The summed E-state index contributed by atoms with van der Waals surface area (Å²) in [5, 5.41) is 24.2. The number of rotatable bonds is 21. The Hall–Kier alpha value is -3.22. The lowest BCUT2D eigenvalue weighted by Gasteiger charge is -2.59. The van der Waals surface area contributed by atoms with Crippen molar-refractivity contribution >= 4 is 35.2 Å². The molecule has 1 saturated carbocycles.